The fourth-order valence-corrected chi connectivity index (χ4v) is 5.16. The molecule has 3 nitrogen and oxygen atoms in total. The monoisotopic (exact) mass is 368 g/mol. The van der Waals surface area contributed by atoms with E-state index in [1.165, 1.54) is 10.3 Å². The normalized spacial score (nSPS) is 18.3. The molecule has 3 aromatic rings. The van der Waals surface area contributed by atoms with Gasteiger partial charge in [-0.25, -0.2) is 4.98 Å². The van der Waals surface area contributed by atoms with Gasteiger partial charge >= 0.3 is 0 Å². The van der Waals surface area contributed by atoms with Crippen LogP contribution < -0.4 is 0 Å². The molecule has 0 aliphatic carbocycles. The first-order valence-corrected chi connectivity index (χ1v) is 10.3. The SMILES string of the molecule is Cc1ccsc1/C=C/C(=O)N1CCC[C@H](c2nc3ccccc3s2)C1. The van der Waals surface area contributed by atoms with Gasteiger partial charge in [0.1, 0.15) is 0 Å². The Morgan fingerprint density at radius 1 is 1.32 bits per heavy atom. The maximum absolute atomic E-state index is 12.6. The van der Waals surface area contributed by atoms with Crippen LogP contribution in [0.3, 0.4) is 0 Å². The number of rotatable bonds is 3. The molecular weight excluding hydrogens is 348 g/mol. The van der Waals surface area contributed by atoms with Crippen molar-refractivity contribution in [3.63, 3.8) is 0 Å². The number of carbonyl (C=O) groups excluding carboxylic acids is 1. The topological polar surface area (TPSA) is 33.2 Å². The minimum atomic E-state index is 0.110. The summed E-state index contributed by atoms with van der Waals surface area (Å²) in [5.74, 6) is 0.464. The largest absolute Gasteiger partial charge is 0.338 e. The highest BCUT2D eigenvalue weighted by Gasteiger charge is 2.26. The lowest BCUT2D eigenvalue weighted by atomic mass is 9.98. The third-order valence-corrected chi connectivity index (χ3v) is 6.85. The van der Waals surface area contributed by atoms with Crippen LogP contribution in [-0.4, -0.2) is 28.9 Å². The van der Waals surface area contributed by atoms with Crippen molar-refractivity contribution in [1.82, 2.24) is 9.88 Å². The standard InChI is InChI=1S/C20H20N2OS2/c1-14-10-12-24-17(14)8-9-19(23)22-11-4-5-15(13-22)20-21-16-6-2-3-7-18(16)25-20/h2-3,6-10,12,15H,4-5,11,13H2,1H3/b9-8+/t15-/m0/s1. The molecular formula is C20H20N2OS2. The summed E-state index contributed by atoms with van der Waals surface area (Å²) in [4.78, 5) is 20.5. The van der Waals surface area contributed by atoms with E-state index in [1.54, 1.807) is 28.7 Å². The first-order chi connectivity index (χ1) is 12.2. The maximum Gasteiger partial charge on any atom is 0.246 e. The van der Waals surface area contributed by atoms with Gasteiger partial charge in [-0.15, -0.1) is 22.7 Å². The average molecular weight is 369 g/mol. The van der Waals surface area contributed by atoms with E-state index in [0.29, 0.717) is 5.92 Å². The summed E-state index contributed by atoms with van der Waals surface area (Å²) in [7, 11) is 0. The summed E-state index contributed by atoms with van der Waals surface area (Å²) in [6.07, 6.45) is 5.82. The number of likely N-dealkylation sites (tertiary alicyclic amines) is 1. The van der Waals surface area contributed by atoms with Crippen molar-refractivity contribution < 1.29 is 4.79 Å². The highest BCUT2D eigenvalue weighted by molar-refractivity contribution is 7.18. The number of nitrogens with zero attached hydrogens (tertiary/aromatic N) is 2. The summed E-state index contributed by atoms with van der Waals surface area (Å²) in [5, 5.41) is 3.22. The van der Waals surface area contributed by atoms with Gasteiger partial charge in [-0.2, -0.15) is 0 Å². The Kier molecular flexibility index (Phi) is 4.68. The van der Waals surface area contributed by atoms with Crippen molar-refractivity contribution >= 4 is 44.9 Å². The van der Waals surface area contributed by atoms with Crippen molar-refractivity contribution in [2.45, 2.75) is 25.7 Å². The zero-order valence-corrected chi connectivity index (χ0v) is 15.8. The van der Waals surface area contributed by atoms with Crippen LogP contribution in [0.5, 0.6) is 0 Å². The summed E-state index contributed by atoms with van der Waals surface area (Å²) in [5.41, 5.74) is 2.29. The third-order valence-electron chi connectivity index (χ3n) is 4.67. The van der Waals surface area contributed by atoms with E-state index in [0.717, 1.165) is 41.3 Å². The lowest BCUT2D eigenvalue weighted by Gasteiger charge is -2.31. The van der Waals surface area contributed by atoms with E-state index in [1.807, 2.05) is 17.0 Å². The molecule has 0 saturated carbocycles. The van der Waals surface area contributed by atoms with Gasteiger partial charge < -0.3 is 4.90 Å². The van der Waals surface area contributed by atoms with Gasteiger partial charge in [-0.05, 0) is 55.0 Å². The van der Waals surface area contributed by atoms with E-state index >= 15 is 0 Å². The number of carbonyl (C=O) groups is 1. The van der Waals surface area contributed by atoms with Gasteiger partial charge in [0, 0.05) is 30.0 Å². The molecule has 0 spiro atoms. The van der Waals surface area contributed by atoms with E-state index < -0.39 is 0 Å². The molecule has 5 heteroatoms. The van der Waals surface area contributed by atoms with E-state index in [9.17, 15) is 4.79 Å². The molecule has 1 atom stereocenters. The van der Waals surface area contributed by atoms with Gasteiger partial charge in [0.25, 0.3) is 0 Å². The van der Waals surface area contributed by atoms with Crippen molar-refractivity contribution in [3.05, 3.63) is 57.2 Å². The molecule has 1 fully saturated rings. The van der Waals surface area contributed by atoms with Crippen LogP contribution in [-0.2, 0) is 4.79 Å². The Balaban J connectivity index is 1.47. The number of hydrogen-bond acceptors (Lipinski definition) is 4. The molecule has 2 aromatic heterocycles. The number of piperidine rings is 1. The summed E-state index contributed by atoms with van der Waals surface area (Å²) in [6, 6.07) is 10.3. The smallest absolute Gasteiger partial charge is 0.246 e. The first-order valence-electron chi connectivity index (χ1n) is 8.57. The lowest BCUT2D eigenvalue weighted by Crippen LogP contribution is -2.38. The highest BCUT2D eigenvalue weighted by Crippen LogP contribution is 2.33. The molecule has 1 aromatic carbocycles. The van der Waals surface area contributed by atoms with Gasteiger partial charge in [-0.1, -0.05) is 12.1 Å². The second kappa shape index (κ2) is 7.10. The Labute approximate surface area is 155 Å². The fraction of sp³-hybridized carbons (Fsp3) is 0.300. The van der Waals surface area contributed by atoms with Gasteiger partial charge in [0.05, 0.1) is 15.2 Å². The second-order valence-corrected chi connectivity index (χ2v) is 8.45. The van der Waals surface area contributed by atoms with Crippen LogP contribution in [0.15, 0.2) is 41.8 Å². The molecule has 25 heavy (non-hydrogen) atoms. The zero-order chi connectivity index (χ0) is 17.2. The molecule has 1 aliphatic rings. The second-order valence-electron chi connectivity index (χ2n) is 6.44. The Morgan fingerprint density at radius 2 is 2.20 bits per heavy atom. The highest BCUT2D eigenvalue weighted by atomic mass is 32.1. The number of aromatic nitrogens is 1. The molecule has 0 bridgehead atoms. The van der Waals surface area contributed by atoms with Crippen molar-refractivity contribution in [1.29, 1.82) is 0 Å². The first kappa shape index (κ1) is 16.5. The van der Waals surface area contributed by atoms with Crippen LogP contribution >= 0.6 is 22.7 Å². The molecule has 3 heterocycles. The van der Waals surface area contributed by atoms with Crippen LogP contribution in [0, 0.1) is 6.92 Å². The Morgan fingerprint density at radius 3 is 3.00 bits per heavy atom. The van der Waals surface area contributed by atoms with E-state index in [4.69, 9.17) is 4.98 Å². The Bertz CT molecular complexity index is 892. The number of thiazole rings is 1. The molecule has 0 radical (unpaired) electrons. The quantitative estimate of drug-likeness (QED) is 0.604. The molecule has 1 amide bonds. The average Bonchev–Trinajstić information content (AvgIpc) is 3.25. The predicted molar refractivity (Wildman–Crippen MR) is 106 cm³/mol. The number of para-hydroxylation sites is 1. The van der Waals surface area contributed by atoms with Crippen LogP contribution in [0.1, 0.15) is 34.2 Å². The lowest BCUT2D eigenvalue weighted by molar-refractivity contribution is -0.127. The summed E-state index contributed by atoms with van der Waals surface area (Å²) >= 11 is 3.44. The van der Waals surface area contributed by atoms with Gasteiger partial charge in [0.2, 0.25) is 5.91 Å². The number of aryl methyl sites for hydroxylation is 1. The minimum absolute atomic E-state index is 0.110. The molecule has 1 saturated heterocycles. The Hall–Kier alpha value is -1.98. The minimum Gasteiger partial charge on any atom is -0.338 e. The number of thiophene rings is 1. The third kappa shape index (κ3) is 3.53. The zero-order valence-electron chi connectivity index (χ0n) is 14.1. The van der Waals surface area contributed by atoms with Gasteiger partial charge in [-0.3, -0.25) is 4.79 Å². The molecule has 1 aliphatic heterocycles. The van der Waals surface area contributed by atoms with Crippen LogP contribution in [0.25, 0.3) is 16.3 Å². The number of benzene rings is 1. The van der Waals surface area contributed by atoms with Crippen LogP contribution in [0.2, 0.25) is 0 Å². The van der Waals surface area contributed by atoms with Crippen molar-refractivity contribution in [3.8, 4) is 0 Å². The molecule has 0 N–H and O–H groups in total. The molecule has 4 rings (SSSR count). The molecule has 0 unspecified atom stereocenters. The molecule has 128 valence electrons. The number of amides is 1. The maximum atomic E-state index is 12.6. The van der Waals surface area contributed by atoms with Crippen molar-refractivity contribution in [2.24, 2.45) is 0 Å². The summed E-state index contributed by atoms with van der Waals surface area (Å²) < 4.78 is 1.23. The predicted octanol–water partition coefficient (Wildman–Crippen LogP) is 5.09. The number of hydrogen-bond donors (Lipinski definition) is 0. The van der Waals surface area contributed by atoms with E-state index in [-0.39, 0.29) is 5.91 Å². The van der Waals surface area contributed by atoms with Gasteiger partial charge in [0.15, 0.2) is 0 Å². The number of fused-ring (bicyclic) bond motifs is 1. The fourth-order valence-electron chi connectivity index (χ4n) is 3.25. The van der Waals surface area contributed by atoms with E-state index in [2.05, 4.69) is 36.6 Å². The van der Waals surface area contributed by atoms with Crippen molar-refractivity contribution in [2.75, 3.05) is 13.1 Å². The summed E-state index contributed by atoms with van der Waals surface area (Å²) in [6.45, 7) is 3.69. The van der Waals surface area contributed by atoms with Crippen LogP contribution in [0.4, 0.5) is 0 Å².